The molecular weight excluding hydrogens is 280 g/mol. The number of benzene rings is 1. The van der Waals surface area contributed by atoms with Crippen molar-refractivity contribution in [1.29, 1.82) is 0 Å². The molecule has 6 heteroatoms. The van der Waals surface area contributed by atoms with Crippen LogP contribution in [0, 0.1) is 5.92 Å². The first-order valence-electron chi connectivity index (χ1n) is 6.42. The average molecular weight is 299 g/mol. The first-order chi connectivity index (χ1) is 9.49. The Morgan fingerprint density at radius 1 is 1.25 bits per heavy atom. The van der Waals surface area contributed by atoms with Crippen molar-refractivity contribution in [3.63, 3.8) is 0 Å². The summed E-state index contributed by atoms with van der Waals surface area (Å²) in [5.41, 5.74) is 0. The minimum atomic E-state index is -0.247. The summed E-state index contributed by atoms with van der Waals surface area (Å²) in [7, 11) is 0. The molecule has 0 spiro atoms. The molecule has 0 saturated heterocycles. The highest BCUT2D eigenvalue weighted by Crippen LogP contribution is 2.16. The number of carbonyl (C=O) groups is 2. The van der Waals surface area contributed by atoms with Crippen LogP contribution in [0.4, 0.5) is 0 Å². The minimum Gasteiger partial charge on any atom is -0.484 e. The summed E-state index contributed by atoms with van der Waals surface area (Å²) in [5.74, 6) is 0.204. The first-order valence-corrected chi connectivity index (χ1v) is 6.79. The molecule has 0 saturated carbocycles. The molecule has 20 heavy (non-hydrogen) atoms. The van der Waals surface area contributed by atoms with E-state index in [2.05, 4.69) is 10.6 Å². The third-order valence-corrected chi connectivity index (χ3v) is 2.67. The lowest BCUT2D eigenvalue weighted by Gasteiger charge is -2.09. The lowest BCUT2D eigenvalue weighted by molar-refractivity contribution is -0.125. The molecule has 0 unspecified atom stereocenters. The molecular formula is C14H19ClN2O3. The maximum Gasteiger partial charge on any atom is 0.258 e. The van der Waals surface area contributed by atoms with E-state index in [1.54, 1.807) is 24.3 Å². The number of nitrogens with one attached hydrogen (secondary N) is 2. The number of halogens is 1. The van der Waals surface area contributed by atoms with Crippen LogP contribution in [0.1, 0.15) is 13.8 Å². The van der Waals surface area contributed by atoms with Crippen LogP contribution in [0.25, 0.3) is 0 Å². The van der Waals surface area contributed by atoms with Gasteiger partial charge in [-0.2, -0.15) is 0 Å². The topological polar surface area (TPSA) is 67.4 Å². The SMILES string of the molecule is CC(C)C(=O)NCCNC(=O)COc1cccc(Cl)c1. The van der Waals surface area contributed by atoms with Gasteiger partial charge in [0.1, 0.15) is 5.75 Å². The molecule has 0 heterocycles. The Morgan fingerprint density at radius 3 is 2.60 bits per heavy atom. The van der Waals surface area contributed by atoms with Crippen LogP contribution < -0.4 is 15.4 Å². The van der Waals surface area contributed by atoms with Crippen molar-refractivity contribution >= 4 is 23.4 Å². The highest BCUT2D eigenvalue weighted by Gasteiger charge is 2.06. The zero-order valence-electron chi connectivity index (χ0n) is 11.6. The van der Waals surface area contributed by atoms with Gasteiger partial charge in [-0.05, 0) is 18.2 Å². The number of rotatable bonds is 7. The van der Waals surface area contributed by atoms with Crippen LogP contribution >= 0.6 is 11.6 Å². The van der Waals surface area contributed by atoms with Crippen LogP contribution in [-0.2, 0) is 9.59 Å². The van der Waals surface area contributed by atoms with Crippen molar-refractivity contribution in [1.82, 2.24) is 10.6 Å². The molecule has 0 aliphatic carbocycles. The highest BCUT2D eigenvalue weighted by molar-refractivity contribution is 6.30. The zero-order valence-corrected chi connectivity index (χ0v) is 12.4. The molecule has 2 N–H and O–H groups in total. The summed E-state index contributed by atoms with van der Waals surface area (Å²) in [6.07, 6.45) is 0. The fourth-order valence-electron chi connectivity index (χ4n) is 1.35. The Bertz CT molecular complexity index is 463. The molecule has 0 bridgehead atoms. The molecule has 5 nitrogen and oxygen atoms in total. The molecule has 0 atom stereocenters. The third-order valence-electron chi connectivity index (χ3n) is 2.44. The lowest BCUT2D eigenvalue weighted by Crippen LogP contribution is -2.38. The van der Waals surface area contributed by atoms with Crippen LogP contribution in [0.3, 0.4) is 0 Å². The Balaban J connectivity index is 2.16. The fraction of sp³-hybridized carbons (Fsp3) is 0.429. The Labute approximate surface area is 123 Å². The van der Waals surface area contributed by atoms with Crippen molar-refractivity contribution in [2.75, 3.05) is 19.7 Å². The van der Waals surface area contributed by atoms with E-state index < -0.39 is 0 Å². The third kappa shape index (κ3) is 6.43. The summed E-state index contributed by atoms with van der Waals surface area (Å²) >= 11 is 5.80. The van der Waals surface area contributed by atoms with Crippen LogP contribution in [0.5, 0.6) is 5.75 Å². The maximum absolute atomic E-state index is 11.5. The van der Waals surface area contributed by atoms with E-state index in [4.69, 9.17) is 16.3 Å². The summed E-state index contributed by atoms with van der Waals surface area (Å²) in [5, 5.41) is 5.91. The van der Waals surface area contributed by atoms with Crippen molar-refractivity contribution < 1.29 is 14.3 Å². The van der Waals surface area contributed by atoms with Crippen molar-refractivity contribution in [2.24, 2.45) is 5.92 Å². The Hall–Kier alpha value is -1.75. The molecule has 0 aliphatic rings. The van der Waals surface area contributed by atoms with Crippen LogP contribution in [0.15, 0.2) is 24.3 Å². The number of hydrogen-bond acceptors (Lipinski definition) is 3. The van der Waals surface area contributed by atoms with Gasteiger partial charge < -0.3 is 15.4 Å². The molecule has 1 rings (SSSR count). The molecule has 2 amide bonds. The van der Waals surface area contributed by atoms with E-state index in [1.807, 2.05) is 13.8 Å². The molecule has 0 fully saturated rings. The molecule has 1 aromatic rings. The van der Waals surface area contributed by atoms with Crippen LogP contribution in [-0.4, -0.2) is 31.5 Å². The molecule has 1 aromatic carbocycles. The molecule has 110 valence electrons. The molecule has 0 aliphatic heterocycles. The summed E-state index contributed by atoms with van der Waals surface area (Å²) < 4.78 is 5.28. The average Bonchev–Trinajstić information content (AvgIpc) is 2.41. The number of hydrogen-bond donors (Lipinski definition) is 2. The minimum absolute atomic E-state index is 0.0329. The van der Waals surface area contributed by atoms with Gasteiger partial charge in [-0.1, -0.05) is 31.5 Å². The van der Waals surface area contributed by atoms with Gasteiger partial charge in [-0.15, -0.1) is 0 Å². The Morgan fingerprint density at radius 2 is 1.95 bits per heavy atom. The van der Waals surface area contributed by atoms with E-state index in [0.29, 0.717) is 23.9 Å². The summed E-state index contributed by atoms with van der Waals surface area (Å²) in [6.45, 7) is 4.31. The van der Waals surface area contributed by atoms with Gasteiger partial charge in [0, 0.05) is 24.0 Å². The van der Waals surface area contributed by atoms with Gasteiger partial charge in [-0.25, -0.2) is 0 Å². The largest absolute Gasteiger partial charge is 0.484 e. The predicted octanol–water partition coefficient (Wildman–Crippen LogP) is 1.61. The summed E-state index contributed by atoms with van der Waals surface area (Å²) in [6, 6.07) is 6.84. The smallest absolute Gasteiger partial charge is 0.258 e. The van der Waals surface area contributed by atoms with E-state index in [0.717, 1.165) is 0 Å². The zero-order chi connectivity index (χ0) is 15.0. The predicted molar refractivity (Wildman–Crippen MR) is 77.8 cm³/mol. The highest BCUT2D eigenvalue weighted by atomic mass is 35.5. The van der Waals surface area contributed by atoms with E-state index >= 15 is 0 Å². The van der Waals surface area contributed by atoms with E-state index in [9.17, 15) is 9.59 Å². The van der Waals surface area contributed by atoms with Crippen molar-refractivity contribution in [2.45, 2.75) is 13.8 Å². The monoisotopic (exact) mass is 298 g/mol. The second kappa shape index (κ2) is 8.43. The van der Waals surface area contributed by atoms with E-state index in [-0.39, 0.29) is 24.3 Å². The van der Waals surface area contributed by atoms with Gasteiger partial charge >= 0.3 is 0 Å². The Kier molecular flexibility index (Phi) is 6.87. The number of amides is 2. The van der Waals surface area contributed by atoms with Gasteiger partial charge in [-0.3, -0.25) is 9.59 Å². The standard InChI is InChI=1S/C14H19ClN2O3/c1-10(2)14(19)17-7-6-16-13(18)9-20-12-5-3-4-11(15)8-12/h3-5,8,10H,6-7,9H2,1-2H3,(H,16,18)(H,17,19). The van der Waals surface area contributed by atoms with Crippen molar-refractivity contribution in [3.8, 4) is 5.75 Å². The van der Waals surface area contributed by atoms with Crippen molar-refractivity contribution in [3.05, 3.63) is 29.3 Å². The quantitative estimate of drug-likeness (QED) is 0.752. The lowest BCUT2D eigenvalue weighted by atomic mass is 10.2. The number of carbonyl (C=O) groups excluding carboxylic acids is 2. The summed E-state index contributed by atoms with van der Waals surface area (Å²) in [4.78, 5) is 22.8. The van der Waals surface area contributed by atoms with Gasteiger partial charge in [0.2, 0.25) is 5.91 Å². The van der Waals surface area contributed by atoms with Crippen LogP contribution in [0.2, 0.25) is 5.02 Å². The normalized spacial score (nSPS) is 10.2. The second-order valence-corrected chi connectivity index (χ2v) is 4.98. The maximum atomic E-state index is 11.5. The molecule has 0 aromatic heterocycles. The number of ether oxygens (including phenoxy) is 1. The van der Waals surface area contributed by atoms with E-state index in [1.165, 1.54) is 0 Å². The molecule has 0 radical (unpaired) electrons. The van der Waals surface area contributed by atoms with Gasteiger partial charge in [0.25, 0.3) is 5.91 Å². The van der Waals surface area contributed by atoms with Gasteiger partial charge in [0.15, 0.2) is 6.61 Å². The fourth-order valence-corrected chi connectivity index (χ4v) is 1.53. The second-order valence-electron chi connectivity index (χ2n) is 4.54. The van der Waals surface area contributed by atoms with Gasteiger partial charge in [0.05, 0.1) is 0 Å². The first kappa shape index (κ1) is 16.3.